The van der Waals surface area contributed by atoms with Crippen molar-refractivity contribution >= 4 is 16.0 Å². The van der Waals surface area contributed by atoms with E-state index in [2.05, 4.69) is 4.74 Å². The topological polar surface area (TPSA) is 72.9 Å². The number of benzene rings is 1. The Morgan fingerprint density at radius 1 is 1.33 bits per heavy atom. The maximum atomic E-state index is 12.3. The molecule has 0 bridgehead atoms. The number of hydrogen-bond acceptors (Lipinski definition) is 5. The Morgan fingerprint density at radius 3 is 2.57 bits per heavy atom. The first-order valence-corrected chi connectivity index (χ1v) is 7.95. The summed E-state index contributed by atoms with van der Waals surface area (Å²) in [5.41, 5.74) is 2.38. The molecule has 1 aromatic rings. The molecular formula is C14H19NO5S. The van der Waals surface area contributed by atoms with Gasteiger partial charge in [0.1, 0.15) is 0 Å². The molecule has 116 valence electrons. The Morgan fingerprint density at radius 2 is 2.00 bits per heavy atom. The first-order chi connectivity index (χ1) is 9.77. The lowest BCUT2D eigenvalue weighted by atomic mass is 9.97. The van der Waals surface area contributed by atoms with E-state index in [1.165, 1.54) is 25.5 Å². The molecule has 2 rings (SSSR count). The van der Waals surface area contributed by atoms with Crippen molar-refractivity contribution in [3.8, 4) is 0 Å². The number of aryl methyl sites for hydroxylation is 1. The van der Waals surface area contributed by atoms with Crippen molar-refractivity contribution in [3.63, 3.8) is 0 Å². The highest BCUT2D eigenvalue weighted by atomic mass is 32.2. The van der Waals surface area contributed by atoms with Gasteiger partial charge in [0.25, 0.3) is 0 Å². The zero-order valence-electron chi connectivity index (χ0n) is 12.5. The maximum absolute atomic E-state index is 12.3. The molecule has 0 spiro atoms. The summed E-state index contributed by atoms with van der Waals surface area (Å²) in [7, 11) is 0.785. The zero-order valence-corrected chi connectivity index (χ0v) is 13.4. The highest BCUT2D eigenvalue weighted by Gasteiger charge is 2.29. The molecule has 21 heavy (non-hydrogen) atoms. The number of carbonyl (C=O) groups excluding carboxylic acids is 1. The molecule has 6 nitrogen and oxygen atoms in total. The van der Waals surface area contributed by atoms with Crippen molar-refractivity contribution in [2.45, 2.75) is 31.0 Å². The van der Waals surface area contributed by atoms with E-state index in [-0.39, 0.29) is 11.5 Å². The molecule has 0 N–H and O–H groups in total. The summed E-state index contributed by atoms with van der Waals surface area (Å²) in [6, 6.07) is 3.44. The average Bonchev–Trinajstić information content (AvgIpc) is 2.44. The Bertz CT molecular complexity index is 666. The maximum Gasteiger partial charge on any atom is 0.335 e. The third-order valence-electron chi connectivity index (χ3n) is 3.57. The number of carbonyl (C=O) groups is 1. The smallest absolute Gasteiger partial charge is 0.335 e. The van der Waals surface area contributed by atoms with Crippen LogP contribution in [0, 0.1) is 6.92 Å². The summed E-state index contributed by atoms with van der Waals surface area (Å²) in [6.07, 6.45) is -0.363. The van der Waals surface area contributed by atoms with Crippen LogP contribution in [0.4, 0.5) is 0 Å². The lowest BCUT2D eigenvalue weighted by Crippen LogP contribution is -2.32. The van der Waals surface area contributed by atoms with Gasteiger partial charge in [-0.05, 0) is 29.7 Å². The SMILES string of the molecule is COC(=O)C1Cc2cc(S(=O)(=O)N(C)C)c(C)cc2CO1. The van der Waals surface area contributed by atoms with Crippen LogP contribution in [0.15, 0.2) is 17.0 Å². The van der Waals surface area contributed by atoms with Crippen LogP contribution in [0.2, 0.25) is 0 Å². The third kappa shape index (κ3) is 2.95. The van der Waals surface area contributed by atoms with Crippen LogP contribution in [0.5, 0.6) is 0 Å². The Balaban J connectivity index is 2.44. The molecule has 1 aromatic carbocycles. The number of nitrogens with zero attached hydrogens (tertiary/aromatic N) is 1. The van der Waals surface area contributed by atoms with Crippen molar-refractivity contribution in [1.29, 1.82) is 0 Å². The van der Waals surface area contributed by atoms with Gasteiger partial charge in [0.05, 0.1) is 18.6 Å². The standard InChI is InChI=1S/C14H19NO5S/c1-9-5-11-8-20-12(14(16)19-4)6-10(11)7-13(9)21(17,18)15(2)3/h5,7,12H,6,8H2,1-4H3. The molecule has 0 radical (unpaired) electrons. The number of esters is 1. The van der Waals surface area contributed by atoms with Crippen LogP contribution >= 0.6 is 0 Å². The Hall–Kier alpha value is -1.44. The normalized spacial score (nSPS) is 18.4. The van der Waals surface area contributed by atoms with E-state index in [9.17, 15) is 13.2 Å². The molecule has 1 atom stereocenters. The second-order valence-electron chi connectivity index (χ2n) is 5.20. The average molecular weight is 313 g/mol. The first-order valence-electron chi connectivity index (χ1n) is 6.51. The molecule has 0 amide bonds. The van der Waals surface area contributed by atoms with Gasteiger partial charge in [-0.1, -0.05) is 6.07 Å². The predicted octanol–water partition coefficient (Wildman–Crippen LogP) is 0.860. The number of hydrogen-bond donors (Lipinski definition) is 0. The number of fused-ring (bicyclic) bond motifs is 1. The lowest BCUT2D eigenvalue weighted by Gasteiger charge is -2.25. The summed E-state index contributed by atoms with van der Waals surface area (Å²) in [5.74, 6) is -0.446. The quantitative estimate of drug-likeness (QED) is 0.774. The van der Waals surface area contributed by atoms with E-state index in [4.69, 9.17) is 4.74 Å². The summed E-state index contributed by atoms with van der Waals surface area (Å²) >= 11 is 0. The number of ether oxygens (including phenoxy) is 2. The Kier molecular flexibility index (Phi) is 4.36. The van der Waals surface area contributed by atoms with Crippen molar-refractivity contribution in [3.05, 3.63) is 28.8 Å². The summed E-state index contributed by atoms with van der Waals surface area (Å²) in [6.45, 7) is 2.03. The molecule has 0 saturated heterocycles. The second-order valence-corrected chi connectivity index (χ2v) is 7.32. The van der Waals surface area contributed by atoms with Gasteiger partial charge in [-0.3, -0.25) is 0 Å². The monoisotopic (exact) mass is 313 g/mol. The summed E-state index contributed by atoms with van der Waals surface area (Å²) in [5, 5.41) is 0. The molecular weight excluding hydrogens is 294 g/mol. The van der Waals surface area contributed by atoms with Gasteiger partial charge in [-0.2, -0.15) is 0 Å². The highest BCUT2D eigenvalue weighted by Crippen LogP contribution is 2.28. The van der Waals surface area contributed by atoms with Crippen LogP contribution < -0.4 is 0 Å². The predicted molar refractivity (Wildman–Crippen MR) is 76.3 cm³/mol. The molecule has 0 fully saturated rings. The van der Waals surface area contributed by atoms with Crippen molar-refractivity contribution in [2.24, 2.45) is 0 Å². The van der Waals surface area contributed by atoms with E-state index in [1.807, 2.05) is 0 Å². The van der Waals surface area contributed by atoms with E-state index >= 15 is 0 Å². The molecule has 1 aliphatic rings. The fourth-order valence-electron chi connectivity index (χ4n) is 2.32. The number of rotatable bonds is 3. The zero-order chi connectivity index (χ0) is 15.8. The van der Waals surface area contributed by atoms with Crippen molar-refractivity contribution in [1.82, 2.24) is 4.31 Å². The minimum absolute atomic E-state index is 0.261. The van der Waals surface area contributed by atoms with Gasteiger partial charge in [-0.25, -0.2) is 17.5 Å². The summed E-state index contributed by atoms with van der Waals surface area (Å²) in [4.78, 5) is 11.8. The van der Waals surface area contributed by atoms with E-state index in [1.54, 1.807) is 19.1 Å². The molecule has 1 heterocycles. The number of methoxy groups -OCH3 is 1. The minimum atomic E-state index is -3.51. The van der Waals surface area contributed by atoms with Gasteiger partial charge < -0.3 is 9.47 Å². The Labute approximate surface area is 124 Å². The molecule has 0 aromatic heterocycles. The van der Waals surface area contributed by atoms with Gasteiger partial charge in [0.15, 0.2) is 6.10 Å². The van der Waals surface area contributed by atoms with Crippen LogP contribution in [0.1, 0.15) is 16.7 Å². The van der Waals surface area contributed by atoms with Crippen molar-refractivity contribution in [2.75, 3.05) is 21.2 Å². The van der Waals surface area contributed by atoms with Gasteiger partial charge >= 0.3 is 5.97 Å². The largest absolute Gasteiger partial charge is 0.467 e. The number of sulfonamides is 1. The lowest BCUT2D eigenvalue weighted by molar-refractivity contribution is -0.155. The fourth-order valence-corrected chi connectivity index (χ4v) is 3.47. The molecule has 1 unspecified atom stereocenters. The molecule has 7 heteroatoms. The molecule has 0 aliphatic carbocycles. The van der Waals surface area contributed by atoms with Gasteiger partial charge in [0.2, 0.25) is 10.0 Å². The van der Waals surface area contributed by atoms with Crippen molar-refractivity contribution < 1.29 is 22.7 Å². The van der Waals surface area contributed by atoms with Gasteiger partial charge in [0, 0.05) is 20.5 Å². The van der Waals surface area contributed by atoms with Crippen LogP contribution in [-0.2, 0) is 37.3 Å². The van der Waals surface area contributed by atoms with E-state index in [0.717, 1.165) is 11.1 Å². The van der Waals surface area contributed by atoms with E-state index < -0.39 is 22.1 Å². The minimum Gasteiger partial charge on any atom is -0.467 e. The fraction of sp³-hybridized carbons (Fsp3) is 0.500. The third-order valence-corrected chi connectivity index (χ3v) is 5.52. The first kappa shape index (κ1) is 15.9. The van der Waals surface area contributed by atoms with E-state index in [0.29, 0.717) is 12.0 Å². The highest BCUT2D eigenvalue weighted by molar-refractivity contribution is 7.89. The van der Waals surface area contributed by atoms with Crippen LogP contribution in [0.3, 0.4) is 0 Å². The second kappa shape index (κ2) is 5.75. The van der Waals surface area contributed by atoms with Gasteiger partial charge in [-0.15, -0.1) is 0 Å². The van der Waals surface area contributed by atoms with Crippen LogP contribution in [-0.4, -0.2) is 46.0 Å². The van der Waals surface area contributed by atoms with Crippen LogP contribution in [0.25, 0.3) is 0 Å². The molecule has 0 saturated carbocycles. The summed E-state index contributed by atoms with van der Waals surface area (Å²) < 4.78 is 35.9. The molecule has 1 aliphatic heterocycles.